The summed E-state index contributed by atoms with van der Waals surface area (Å²) >= 11 is 6.34. The standard InChI is InChI=1S/C35H34ClF4NO5S/c1-22(46-26-20-28(37)32(34(42)45-2)30(21-26)47(3,43)44)17-18-41-29(19-25-15-10-16-27(33(25)36)35(38,39)40)31(23-11-6-4-7-12-23)24-13-8-5-9-14-24/h4-16,20-22,29,31,41H,17-19H2,1-3H3/t22-,29?/m1/s1. The molecule has 0 aliphatic rings. The number of halogens is 5. The van der Waals surface area contributed by atoms with Crippen molar-refractivity contribution in [1.29, 1.82) is 0 Å². The van der Waals surface area contributed by atoms with E-state index in [0.717, 1.165) is 42.7 Å². The Morgan fingerprint density at radius 3 is 2.06 bits per heavy atom. The summed E-state index contributed by atoms with van der Waals surface area (Å²) in [6, 6.07) is 24.6. The first-order chi connectivity index (χ1) is 22.2. The van der Waals surface area contributed by atoms with Gasteiger partial charge < -0.3 is 14.8 Å². The zero-order chi connectivity index (χ0) is 34.4. The van der Waals surface area contributed by atoms with Gasteiger partial charge in [-0.1, -0.05) is 84.4 Å². The van der Waals surface area contributed by atoms with Crippen LogP contribution in [0.1, 0.15) is 51.9 Å². The Morgan fingerprint density at radius 2 is 1.53 bits per heavy atom. The van der Waals surface area contributed by atoms with E-state index in [-0.39, 0.29) is 23.1 Å². The smallest absolute Gasteiger partial charge is 0.417 e. The summed E-state index contributed by atoms with van der Waals surface area (Å²) < 4.78 is 91.2. The molecule has 0 aliphatic heterocycles. The fraction of sp³-hybridized carbons (Fsp3) is 0.286. The van der Waals surface area contributed by atoms with Gasteiger partial charge in [0.1, 0.15) is 17.1 Å². The van der Waals surface area contributed by atoms with Crippen LogP contribution in [0.4, 0.5) is 17.6 Å². The molecule has 0 heterocycles. The molecule has 0 amide bonds. The number of nitrogens with one attached hydrogen (secondary N) is 1. The minimum Gasteiger partial charge on any atom is -0.491 e. The van der Waals surface area contributed by atoms with Crippen LogP contribution in [0.3, 0.4) is 0 Å². The van der Waals surface area contributed by atoms with Gasteiger partial charge in [0.15, 0.2) is 9.84 Å². The highest BCUT2D eigenvalue weighted by Gasteiger charge is 2.35. The van der Waals surface area contributed by atoms with E-state index in [2.05, 4.69) is 10.1 Å². The molecule has 0 saturated heterocycles. The van der Waals surface area contributed by atoms with Crippen LogP contribution >= 0.6 is 11.6 Å². The summed E-state index contributed by atoms with van der Waals surface area (Å²) in [5.41, 5.74) is 0.596. The van der Waals surface area contributed by atoms with Crippen LogP contribution in [0, 0.1) is 5.82 Å². The van der Waals surface area contributed by atoms with Gasteiger partial charge in [-0.25, -0.2) is 17.6 Å². The molecule has 0 aliphatic carbocycles. The third-order valence-electron chi connectivity index (χ3n) is 7.65. The van der Waals surface area contributed by atoms with Gasteiger partial charge in [-0.3, -0.25) is 0 Å². The van der Waals surface area contributed by atoms with Gasteiger partial charge in [0, 0.05) is 24.3 Å². The van der Waals surface area contributed by atoms with E-state index in [1.807, 2.05) is 60.7 Å². The second kappa shape index (κ2) is 15.3. The number of sulfone groups is 1. The summed E-state index contributed by atoms with van der Waals surface area (Å²) in [5.74, 6) is -2.62. The highest BCUT2D eigenvalue weighted by Crippen LogP contribution is 2.38. The summed E-state index contributed by atoms with van der Waals surface area (Å²) in [6.45, 7) is 2.03. The van der Waals surface area contributed by atoms with E-state index in [1.54, 1.807) is 13.0 Å². The van der Waals surface area contributed by atoms with Crippen LogP contribution in [-0.4, -0.2) is 46.4 Å². The lowest BCUT2D eigenvalue weighted by Gasteiger charge is -2.30. The summed E-state index contributed by atoms with van der Waals surface area (Å²) in [6.07, 6.45) is -3.84. The Bertz CT molecular complexity index is 1750. The molecule has 0 bridgehead atoms. The number of carbonyl (C=O) groups excluding carboxylic acids is 1. The van der Waals surface area contributed by atoms with Crippen LogP contribution < -0.4 is 10.1 Å². The molecule has 0 fully saturated rings. The molecule has 1 unspecified atom stereocenters. The van der Waals surface area contributed by atoms with Crippen LogP contribution in [0.5, 0.6) is 5.75 Å². The van der Waals surface area contributed by atoms with Crippen molar-refractivity contribution >= 4 is 27.4 Å². The number of methoxy groups -OCH3 is 1. The Labute approximate surface area is 276 Å². The van der Waals surface area contributed by atoms with Crippen molar-refractivity contribution in [3.8, 4) is 5.75 Å². The Balaban J connectivity index is 1.62. The van der Waals surface area contributed by atoms with Crippen molar-refractivity contribution in [2.75, 3.05) is 19.9 Å². The largest absolute Gasteiger partial charge is 0.491 e. The Hall–Kier alpha value is -3.93. The summed E-state index contributed by atoms with van der Waals surface area (Å²) in [5, 5.41) is 3.14. The maximum absolute atomic E-state index is 14.9. The molecule has 2 atom stereocenters. The lowest BCUT2D eigenvalue weighted by Crippen LogP contribution is -2.39. The van der Waals surface area contributed by atoms with Crippen molar-refractivity contribution in [1.82, 2.24) is 5.32 Å². The predicted molar refractivity (Wildman–Crippen MR) is 172 cm³/mol. The van der Waals surface area contributed by atoms with Crippen molar-refractivity contribution < 1.29 is 40.2 Å². The van der Waals surface area contributed by atoms with Gasteiger partial charge >= 0.3 is 12.1 Å². The number of ether oxygens (including phenoxy) is 2. The molecule has 1 N–H and O–H groups in total. The molecule has 4 rings (SSSR count). The van der Waals surface area contributed by atoms with E-state index in [9.17, 15) is 30.8 Å². The molecular weight excluding hydrogens is 658 g/mol. The highest BCUT2D eigenvalue weighted by molar-refractivity contribution is 7.90. The van der Waals surface area contributed by atoms with Crippen LogP contribution in [-0.2, 0) is 27.2 Å². The first-order valence-corrected chi connectivity index (χ1v) is 16.9. The zero-order valence-corrected chi connectivity index (χ0v) is 27.4. The minimum absolute atomic E-state index is 0.0955. The van der Waals surface area contributed by atoms with Gasteiger partial charge in [-0.2, -0.15) is 13.2 Å². The summed E-state index contributed by atoms with van der Waals surface area (Å²) in [4.78, 5) is 11.5. The zero-order valence-electron chi connectivity index (χ0n) is 25.9. The number of rotatable bonds is 13. The van der Waals surface area contributed by atoms with Crippen molar-refractivity contribution in [3.05, 3.63) is 130 Å². The van der Waals surface area contributed by atoms with Crippen molar-refractivity contribution in [2.24, 2.45) is 0 Å². The number of benzene rings is 4. The van der Waals surface area contributed by atoms with Crippen molar-refractivity contribution in [2.45, 2.75) is 48.9 Å². The normalized spacial score (nSPS) is 13.3. The maximum Gasteiger partial charge on any atom is 0.417 e. The van der Waals surface area contributed by atoms with Crippen molar-refractivity contribution in [3.63, 3.8) is 0 Å². The lowest BCUT2D eigenvalue weighted by atomic mass is 9.82. The molecule has 0 saturated carbocycles. The average Bonchev–Trinajstić information content (AvgIpc) is 3.01. The Kier molecular flexibility index (Phi) is 11.7. The predicted octanol–water partition coefficient (Wildman–Crippen LogP) is 7.88. The van der Waals surface area contributed by atoms with Crippen LogP contribution in [0.25, 0.3) is 0 Å². The molecule has 0 spiro atoms. The van der Waals surface area contributed by atoms with E-state index in [4.69, 9.17) is 16.3 Å². The summed E-state index contributed by atoms with van der Waals surface area (Å²) in [7, 11) is -3.00. The number of carbonyl (C=O) groups is 1. The van der Waals surface area contributed by atoms with Crippen LogP contribution in [0.2, 0.25) is 5.02 Å². The third kappa shape index (κ3) is 9.12. The van der Waals surface area contributed by atoms with Gasteiger partial charge in [-0.05, 0) is 55.1 Å². The average molecular weight is 692 g/mol. The number of alkyl halides is 3. The molecule has 4 aromatic carbocycles. The monoisotopic (exact) mass is 691 g/mol. The van der Waals surface area contributed by atoms with E-state index >= 15 is 0 Å². The fourth-order valence-electron chi connectivity index (χ4n) is 5.46. The highest BCUT2D eigenvalue weighted by atomic mass is 35.5. The molecule has 47 heavy (non-hydrogen) atoms. The molecule has 250 valence electrons. The van der Waals surface area contributed by atoms with Gasteiger partial charge in [0.2, 0.25) is 0 Å². The van der Waals surface area contributed by atoms with Crippen LogP contribution in [0.15, 0.2) is 95.9 Å². The quantitative estimate of drug-likeness (QED) is 0.114. The second-order valence-corrected chi connectivity index (χ2v) is 13.5. The SMILES string of the molecule is COC(=O)c1c(F)cc(O[C@H](C)CCNC(Cc2cccc(C(F)(F)F)c2Cl)C(c2ccccc2)c2ccccc2)cc1S(C)(=O)=O. The number of esters is 1. The van der Waals surface area contributed by atoms with E-state index in [1.165, 1.54) is 6.07 Å². The molecule has 0 radical (unpaired) electrons. The maximum atomic E-state index is 14.9. The molecule has 0 aromatic heterocycles. The molecule has 4 aromatic rings. The first-order valence-electron chi connectivity index (χ1n) is 14.7. The minimum atomic E-state index is -4.62. The number of hydrogen-bond acceptors (Lipinski definition) is 6. The topological polar surface area (TPSA) is 81.7 Å². The molecule has 12 heteroatoms. The Morgan fingerprint density at radius 1 is 0.936 bits per heavy atom. The van der Waals surface area contributed by atoms with Gasteiger partial charge in [0.05, 0.1) is 28.7 Å². The first kappa shape index (κ1) is 35.9. The molecule has 6 nitrogen and oxygen atoms in total. The van der Waals surface area contributed by atoms with E-state index in [0.29, 0.717) is 18.5 Å². The number of hydrogen-bond donors (Lipinski definition) is 1. The third-order valence-corrected chi connectivity index (χ3v) is 9.22. The fourth-order valence-corrected chi connectivity index (χ4v) is 6.65. The van der Waals surface area contributed by atoms with E-state index < -0.39 is 56.0 Å². The second-order valence-electron chi connectivity index (χ2n) is 11.1. The van der Waals surface area contributed by atoms with Gasteiger partial charge in [-0.15, -0.1) is 0 Å². The van der Waals surface area contributed by atoms with Gasteiger partial charge in [0.25, 0.3) is 0 Å². The molecular formula is C35H34ClF4NO5S. The lowest BCUT2D eigenvalue weighted by molar-refractivity contribution is -0.137.